The number of esters is 1. The molecule has 0 aliphatic carbocycles. The smallest absolute Gasteiger partial charge is 0.320 e. The highest BCUT2D eigenvalue weighted by molar-refractivity contribution is 5.71. The number of piperidine rings is 1. The highest BCUT2D eigenvalue weighted by atomic mass is 16.5. The summed E-state index contributed by atoms with van der Waals surface area (Å²) in [5, 5.41) is 9.75. The molecule has 0 aromatic rings. The third-order valence-corrected chi connectivity index (χ3v) is 3.42. The molecule has 0 saturated carbocycles. The van der Waals surface area contributed by atoms with Crippen LogP contribution in [0.5, 0.6) is 0 Å². The molecular formula is C13H25NO3. The molecule has 0 aromatic carbocycles. The maximum atomic E-state index is 11.5. The molecule has 1 N–H and O–H groups in total. The Balaban J connectivity index is 2.24. The average molecular weight is 243 g/mol. The highest BCUT2D eigenvalue weighted by Crippen LogP contribution is 2.19. The van der Waals surface area contributed by atoms with Crippen LogP contribution in [0.15, 0.2) is 0 Å². The van der Waals surface area contributed by atoms with Crippen LogP contribution >= 0.6 is 0 Å². The number of carbonyl (C=O) groups excluding carboxylic acids is 1. The van der Waals surface area contributed by atoms with Crippen molar-refractivity contribution < 1.29 is 14.6 Å². The van der Waals surface area contributed by atoms with Crippen molar-refractivity contribution in [2.75, 3.05) is 26.2 Å². The fourth-order valence-corrected chi connectivity index (χ4v) is 2.20. The number of hydrogen-bond acceptors (Lipinski definition) is 4. The molecule has 1 aliphatic rings. The number of hydrogen-bond donors (Lipinski definition) is 1. The minimum Gasteiger partial charge on any atom is -0.465 e. The van der Waals surface area contributed by atoms with Gasteiger partial charge in [0.2, 0.25) is 0 Å². The number of rotatable bonds is 6. The van der Waals surface area contributed by atoms with E-state index in [0.29, 0.717) is 19.1 Å². The first-order valence-electron chi connectivity index (χ1n) is 6.73. The Labute approximate surface area is 104 Å². The highest BCUT2D eigenvalue weighted by Gasteiger charge is 2.27. The van der Waals surface area contributed by atoms with Gasteiger partial charge >= 0.3 is 5.97 Å². The molecule has 0 spiro atoms. The van der Waals surface area contributed by atoms with Crippen molar-refractivity contribution in [1.29, 1.82) is 0 Å². The third kappa shape index (κ3) is 5.04. The molecule has 1 aliphatic heterocycles. The molecule has 1 rings (SSSR count). The van der Waals surface area contributed by atoms with Crippen LogP contribution in [-0.2, 0) is 9.53 Å². The van der Waals surface area contributed by atoms with E-state index in [2.05, 4.69) is 18.7 Å². The second kappa shape index (κ2) is 7.67. The number of aliphatic hydroxyl groups is 1. The van der Waals surface area contributed by atoms with Crippen LogP contribution in [0.4, 0.5) is 0 Å². The first kappa shape index (κ1) is 14.5. The van der Waals surface area contributed by atoms with Gasteiger partial charge in [-0.3, -0.25) is 9.69 Å². The van der Waals surface area contributed by atoms with Crippen molar-refractivity contribution in [3.05, 3.63) is 0 Å². The summed E-state index contributed by atoms with van der Waals surface area (Å²) in [5.41, 5.74) is 0. The zero-order valence-electron chi connectivity index (χ0n) is 11.0. The average Bonchev–Trinajstić information content (AvgIpc) is 2.32. The van der Waals surface area contributed by atoms with E-state index in [9.17, 15) is 9.90 Å². The maximum Gasteiger partial charge on any atom is 0.320 e. The van der Waals surface area contributed by atoms with Crippen molar-refractivity contribution in [2.24, 2.45) is 5.92 Å². The van der Waals surface area contributed by atoms with Crippen LogP contribution in [0.1, 0.15) is 39.5 Å². The number of likely N-dealkylation sites (tertiary alicyclic amines) is 1. The minimum absolute atomic E-state index is 0.135. The van der Waals surface area contributed by atoms with Gasteiger partial charge in [-0.2, -0.15) is 0 Å². The lowest BCUT2D eigenvalue weighted by Gasteiger charge is -2.35. The minimum atomic E-state index is -0.202. The molecule has 17 heavy (non-hydrogen) atoms. The Morgan fingerprint density at radius 3 is 2.88 bits per heavy atom. The van der Waals surface area contributed by atoms with Crippen molar-refractivity contribution in [3.8, 4) is 0 Å². The molecular weight excluding hydrogens is 218 g/mol. The van der Waals surface area contributed by atoms with Crippen LogP contribution in [0.25, 0.3) is 0 Å². The summed E-state index contributed by atoms with van der Waals surface area (Å²) in [6.45, 7) is 6.65. The fraction of sp³-hybridized carbons (Fsp3) is 0.923. The van der Waals surface area contributed by atoms with Gasteiger partial charge in [0.15, 0.2) is 0 Å². The molecule has 4 heteroatoms. The lowest BCUT2D eigenvalue weighted by Crippen LogP contribution is -2.45. The van der Waals surface area contributed by atoms with E-state index in [4.69, 9.17) is 4.74 Å². The molecule has 4 nitrogen and oxygen atoms in total. The van der Waals surface area contributed by atoms with Crippen LogP contribution in [0, 0.1) is 5.92 Å². The molecule has 2 unspecified atom stereocenters. The molecule has 0 bridgehead atoms. The van der Waals surface area contributed by atoms with Crippen LogP contribution in [0.2, 0.25) is 0 Å². The predicted octanol–water partition coefficient (Wildman–Crippen LogP) is 1.42. The predicted molar refractivity (Wildman–Crippen MR) is 66.7 cm³/mol. The van der Waals surface area contributed by atoms with E-state index >= 15 is 0 Å². The fourth-order valence-electron chi connectivity index (χ4n) is 2.20. The van der Waals surface area contributed by atoms with Gasteiger partial charge in [-0.05, 0) is 25.2 Å². The van der Waals surface area contributed by atoms with Gasteiger partial charge in [-0.15, -0.1) is 0 Å². The number of carbonyl (C=O) groups is 1. The van der Waals surface area contributed by atoms with Gasteiger partial charge in [-0.25, -0.2) is 0 Å². The van der Waals surface area contributed by atoms with Crippen molar-refractivity contribution in [1.82, 2.24) is 4.90 Å². The summed E-state index contributed by atoms with van der Waals surface area (Å²) in [6, 6.07) is 0. The second-order valence-electron chi connectivity index (χ2n) is 4.83. The number of nitrogens with zero attached hydrogens (tertiary/aromatic N) is 1. The van der Waals surface area contributed by atoms with E-state index < -0.39 is 0 Å². The topological polar surface area (TPSA) is 49.8 Å². The Hall–Kier alpha value is -0.610. The van der Waals surface area contributed by atoms with Gasteiger partial charge in [0, 0.05) is 13.1 Å². The summed E-state index contributed by atoms with van der Waals surface area (Å²) in [4.78, 5) is 13.6. The van der Waals surface area contributed by atoms with Gasteiger partial charge in [0.05, 0.1) is 19.3 Å². The van der Waals surface area contributed by atoms with Crippen LogP contribution in [-0.4, -0.2) is 48.3 Å². The van der Waals surface area contributed by atoms with Crippen LogP contribution < -0.4 is 0 Å². The van der Waals surface area contributed by atoms with Crippen LogP contribution in [0.3, 0.4) is 0 Å². The van der Waals surface area contributed by atoms with Gasteiger partial charge in [0.25, 0.3) is 0 Å². The summed E-state index contributed by atoms with van der Waals surface area (Å²) in [6.07, 6.45) is 3.50. The van der Waals surface area contributed by atoms with Crippen molar-refractivity contribution in [2.45, 2.75) is 45.6 Å². The molecule has 1 heterocycles. The summed E-state index contributed by atoms with van der Waals surface area (Å²) in [5.74, 6) is 0.164. The van der Waals surface area contributed by atoms with E-state index in [-0.39, 0.29) is 12.1 Å². The largest absolute Gasteiger partial charge is 0.465 e. The molecule has 100 valence electrons. The van der Waals surface area contributed by atoms with E-state index in [0.717, 1.165) is 38.8 Å². The normalized spacial score (nSPS) is 25.8. The zero-order chi connectivity index (χ0) is 12.7. The van der Waals surface area contributed by atoms with E-state index in [1.54, 1.807) is 0 Å². The standard InChI is InChI=1S/C13H25NO3/c1-3-5-8-17-13(16)10-14-7-6-12(15)11(4-2)9-14/h11-12,15H,3-10H2,1-2H3. The Morgan fingerprint density at radius 2 is 2.24 bits per heavy atom. The molecule has 0 aromatic heterocycles. The lowest BCUT2D eigenvalue weighted by atomic mass is 9.92. The number of ether oxygens (including phenoxy) is 1. The van der Waals surface area contributed by atoms with Gasteiger partial charge in [-0.1, -0.05) is 20.3 Å². The monoisotopic (exact) mass is 243 g/mol. The first-order chi connectivity index (χ1) is 8.17. The first-order valence-corrected chi connectivity index (χ1v) is 6.73. The number of unbranched alkanes of at least 4 members (excludes halogenated alkanes) is 1. The summed E-state index contributed by atoms with van der Waals surface area (Å²) < 4.78 is 5.14. The quantitative estimate of drug-likeness (QED) is 0.566. The van der Waals surface area contributed by atoms with Gasteiger partial charge in [0.1, 0.15) is 0 Å². The SMILES string of the molecule is CCCCOC(=O)CN1CCC(O)C(CC)C1. The van der Waals surface area contributed by atoms with E-state index in [1.165, 1.54) is 0 Å². The van der Waals surface area contributed by atoms with E-state index in [1.807, 2.05) is 0 Å². The Bertz CT molecular complexity index is 233. The zero-order valence-corrected chi connectivity index (χ0v) is 11.0. The second-order valence-corrected chi connectivity index (χ2v) is 4.83. The molecule has 1 fully saturated rings. The summed E-state index contributed by atoms with van der Waals surface area (Å²) in [7, 11) is 0. The number of aliphatic hydroxyl groups excluding tert-OH is 1. The van der Waals surface area contributed by atoms with Crippen molar-refractivity contribution >= 4 is 5.97 Å². The Kier molecular flexibility index (Phi) is 6.52. The molecule has 1 saturated heterocycles. The summed E-state index contributed by atoms with van der Waals surface area (Å²) >= 11 is 0. The Morgan fingerprint density at radius 1 is 1.47 bits per heavy atom. The molecule has 0 radical (unpaired) electrons. The van der Waals surface area contributed by atoms with Crippen molar-refractivity contribution in [3.63, 3.8) is 0 Å². The lowest BCUT2D eigenvalue weighted by molar-refractivity contribution is -0.146. The van der Waals surface area contributed by atoms with Gasteiger partial charge < -0.3 is 9.84 Å². The molecule has 2 atom stereocenters. The molecule has 0 amide bonds. The maximum absolute atomic E-state index is 11.5. The third-order valence-electron chi connectivity index (χ3n) is 3.42.